The van der Waals surface area contributed by atoms with Gasteiger partial charge in [0.05, 0.1) is 12.9 Å². The number of likely N-dealkylation sites (tertiary alicyclic amines) is 1. The van der Waals surface area contributed by atoms with E-state index in [-0.39, 0.29) is 17.2 Å². The molecular weight excluding hydrogens is 476 g/mol. The van der Waals surface area contributed by atoms with Gasteiger partial charge < -0.3 is 14.4 Å². The normalized spacial score (nSPS) is 15.0. The van der Waals surface area contributed by atoms with E-state index in [2.05, 4.69) is 88.6 Å². The summed E-state index contributed by atoms with van der Waals surface area (Å²) in [6, 6.07) is 16.7. The molecule has 1 aliphatic rings. The van der Waals surface area contributed by atoms with E-state index in [0.29, 0.717) is 24.8 Å². The molecule has 198 valence electrons. The molecule has 8 heteroatoms. The third-order valence-corrected chi connectivity index (χ3v) is 7.18. The highest BCUT2D eigenvalue weighted by Gasteiger charge is 2.26. The summed E-state index contributed by atoms with van der Waals surface area (Å²) in [5.41, 5.74) is 4.63. The van der Waals surface area contributed by atoms with Crippen LogP contribution < -0.4 is 5.32 Å². The maximum atomic E-state index is 12.8. The number of carbonyl (C=O) groups excluding carboxylic acids is 1. The van der Waals surface area contributed by atoms with Crippen molar-refractivity contribution in [3.8, 4) is 11.4 Å². The van der Waals surface area contributed by atoms with E-state index >= 15 is 0 Å². The maximum absolute atomic E-state index is 12.8. The molecule has 2 aromatic heterocycles. The Hall–Kier alpha value is -3.78. The van der Waals surface area contributed by atoms with Gasteiger partial charge in [-0.05, 0) is 48.0 Å². The molecule has 1 amide bonds. The standard InChI is InChI=1S/C30H36N6O2/c1-30(2,3)26-9-7-24(8-10-26)28-33-27(38-34-28)20-35-14-11-25(12-15-35)29(37)32-18-22-5-4-6-23(17-22)19-36-16-13-31-21-36/h4-10,13,16-17,21,25H,11-12,14-15,18-20H2,1-3H3,(H,32,37). The number of nitrogens with zero attached hydrogens (tertiary/aromatic N) is 5. The van der Waals surface area contributed by atoms with E-state index in [1.54, 1.807) is 6.20 Å². The molecule has 0 saturated carbocycles. The van der Waals surface area contributed by atoms with E-state index in [4.69, 9.17) is 4.52 Å². The highest BCUT2D eigenvalue weighted by atomic mass is 16.5. The van der Waals surface area contributed by atoms with Gasteiger partial charge in [0.15, 0.2) is 0 Å². The van der Waals surface area contributed by atoms with Gasteiger partial charge in [0, 0.05) is 37.0 Å². The Bertz CT molecular complexity index is 1330. The first kappa shape index (κ1) is 25.9. The van der Waals surface area contributed by atoms with E-state index in [1.807, 2.05) is 23.2 Å². The molecule has 0 spiro atoms. The number of aromatic nitrogens is 4. The lowest BCUT2D eigenvalue weighted by Gasteiger charge is -2.30. The molecule has 0 bridgehead atoms. The van der Waals surface area contributed by atoms with Crippen LogP contribution in [0.4, 0.5) is 0 Å². The quantitative estimate of drug-likeness (QED) is 0.365. The summed E-state index contributed by atoms with van der Waals surface area (Å²) in [5, 5.41) is 7.32. The smallest absolute Gasteiger partial charge is 0.241 e. The highest BCUT2D eigenvalue weighted by Crippen LogP contribution is 2.25. The number of rotatable bonds is 8. The SMILES string of the molecule is CC(C)(C)c1ccc(-c2noc(CN3CCC(C(=O)NCc4cccc(Cn5ccnc5)c4)CC3)n2)cc1. The Labute approximate surface area is 224 Å². The van der Waals surface area contributed by atoms with Crippen molar-refractivity contribution in [2.75, 3.05) is 13.1 Å². The number of benzene rings is 2. The van der Waals surface area contributed by atoms with Crippen LogP contribution in [-0.4, -0.2) is 43.6 Å². The van der Waals surface area contributed by atoms with E-state index < -0.39 is 0 Å². The summed E-state index contributed by atoms with van der Waals surface area (Å²) in [7, 11) is 0. The fourth-order valence-corrected chi connectivity index (χ4v) is 4.86. The van der Waals surface area contributed by atoms with Gasteiger partial charge in [-0.25, -0.2) is 4.98 Å². The zero-order chi connectivity index (χ0) is 26.5. The van der Waals surface area contributed by atoms with Crippen molar-refractivity contribution in [3.63, 3.8) is 0 Å². The van der Waals surface area contributed by atoms with Gasteiger partial charge >= 0.3 is 0 Å². The molecule has 0 aliphatic carbocycles. The van der Waals surface area contributed by atoms with E-state index in [0.717, 1.165) is 43.6 Å². The second-order valence-corrected chi connectivity index (χ2v) is 11.2. The van der Waals surface area contributed by atoms with Gasteiger partial charge in [-0.3, -0.25) is 9.69 Å². The predicted octanol–water partition coefficient (Wildman–Crippen LogP) is 4.81. The van der Waals surface area contributed by atoms with Gasteiger partial charge in [0.1, 0.15) is 0 Å². The molecule has 38 heavy (non-hydrogen) atoms. The average Bonchev–Trinajstić information content (AvgIpc) is 3.60. The molecule has 1 aliphatic heterocycles. The minimum atomic E-state index is 0.0277. The fourth-order valence-electron chi connectivity index (χ4n) is 4.86. The molecule has 4 aromatic rings. The molecule has 3 heterocycles. The van der Waals surface area contributed by atoms with Crippen molar-refractivity contribution in [1.82, 2.24) is 29.9 Å². The summed E-state index contributed by atoms with van der Waals surface area (Å²) in [6.07, 6.45) is 7.18. The molecule has 5 rings (SSSR count). The Morgan fingerprint density at radius 1 is 1.05 bits per heavy atom. The van der Waals surface area contributed by atoms with Gasteiger partial charge in [-0.2, -0.15) is 4.98 Å². The van der Waals surface area contributed by atoms with Gasteiger partial charge in [-0.15, -0.1) is 0 Å². The van der Waals surface area contributed by atoms with Gasteiger partial charge in [0.2, 0.25) is 17.6 Å². The van der Waals surface area contributed by atoms with Crippen LogP contribution >= 0.6 is 0 Å². The van der Waals surface area contributed by atoms with Gasteiger partial charge in [-0.1, -0.05) is 74.5 Å². The topological polar surface area (TPSA) is 89.1 Å². The van der Waals surface area contributed by atoms with Crippen molar-refractivity contribution >= 4 is 5.91 Å². The minimum absolute atomic E-state index is 0.0277. The largest absolute Gasteiger partial charge is 0.352 e. The molecule has 1 saturated heterocycles. The second kappa shape index (κ2) is 11.3. The average molecular weight is 513 g/mol. The summed E-state index contributed by atoms with van der Waals surface area (Å²) < 4.78 is 7.57. The van der Waals surface area contributed by atoms with Crippen molar-refractivity contribution in [2.24, 2.45) is 5.92 Å². The summed E-state index contributed by atoms with van der Waals surface area (Å²) >= 11 is 0. The number of piperidine rings is 1. The number of nitrogens with one attached hydrogen (secondary N) is 1. The molecule has 2 aromatic carbocycles. The van der Waals surface area contributed by atoms with Crippen molar-refractivity contribution in [3.05, 3.63) is 89.8 Å². The van der Waals surface area contributed by atoms with Crippen LogP contribution in [0.3, 0.4) is 0 Å². The molecule has 0 radical (unpaired) electrons. The minimum Gasteiger partial charge on any atom is -0.352 e. The summed E-state index contributed by atoms with van der Waals surface area (Å²) in [6.45, 7) is 10.2. The number of amides is 1. The third kappa shape index (κ3) is 6.55. The van der Waals surface area contributed by atoms with Crippen molar-refractivity contribution < 1.29 is 9.32 Å². The third-order valence-electron chi connectivity index (χ3n) is 7.18. The second-order valence-electron chi connectivity index (χ2n) is 11.2. The van der Waals surface area contributed by atoms with Crippen molar-refractivity contribution in [1.29, 1.82) is 0 Å². The monoisotopic (exact) mass is 512 g/mol. The fraction of sp³-hybridized carbons (Fsp3) is 0.400. The lowest BCUT2D eigenvalue weighted by molar-refractivity contribution is -0.126. The summed E-state index contributed by atoms with van der Waals surface area (Å²) in [5.74, 6) is 1.38. The number of hydrogen-bond acceptors (Lipinski definition) is 6. The zero-order valence-corrected chi connectivity index (χ0v) is 22.4. The van der Waals surface area contributed by atoms with Crippen LogP contribution in [0.25, 0.3) is 11.4 Å². The van der Waals surface area contributed by atoms with Crippen LogP contribution in [0.5, 0.6) is 0 Å². The molecule has 1 N–H and O–H groups in total. The number of carbonyl (C=O) groups is 1. The van der Waals surface area contributed by atoms with Crippen LogP contribution in [0.1, 0.15) is 56.2 Å². The first-order valence-corrected chi connectivity index (χ1v) is 13.3. The Morgan fingerprint density at radius 3 is 2.53 bits per heavy atom. The van der Waals surface area contributed by atoms with Crippen LogP contribution in [0.2, 0.25) is 0 Å². The van der Waals surface area contributed by atoms with E-state index in [1.165, 1.54) is 11.1 Å². The van der Waals surface area contributed by atoms with Crippen molar-refractivity contribution in [2.45, 2.75) is 58.7 Å². The number of hydrogen-bond donors (Lipinski definition) is 1. The Balaban J connectivity index is 1.07. The molecule has 0 atom stereocenters. The number of imidazole rings is 1. The first-order valence-electron chi connectivity index (χ1n) is 13.3. The molecular formula is C30H36N6O2. The highest BCUT2D eigenvalue weighted by molar-refractivity contribution is 5.78. The lowest BCUT2D eigenvalue weighted by Crippen LogP contribution is -2.40. The lowest BCUT2D eigenvalue weighted by atomic mass is 9.87. The summed E-state index contributed by atoms with van der Waals surface area (Å²) in [4.78, 5) is 23.8. The molecule has 0 unspecified atom stereocenters. The van der Waals surface area contributed by atoms with Gasteiger partial charge in [0.25, 0.3) is 0 Å². The Morgan fingerprint density at radius 2 is 1.82 bits per heavy atom. The van der Waals surface area contributed by atoms with E-state index in [9.17, 15) is 4.79 Å². The maximum Gasteiger partial charge on any atom is 0.241 e. The first-order chi connectivity index (χ1) is 18.3. The zero-order valence-electron chi connectivity index (χ0n) is 22.4. The van der Waals surface area contributed by atoms with Crippen LogP contribution in [-0.2, 0) is 29.8 Å². The molecule has 8 nitrogen and oxygen atoms in total. The predicted molar refractivity (Wildman–Crippen MR) is 146 cm³/mol. The van der Waals surface area contributed by atoms with Crippen LogP contribution in [0.15, 0.2) is 71.8 Å². The molecule has 1 fully saturated rings. The Kier molecular flexibility index (Phi) is 7.69. The van der Waals surface area contributed by atoms with Crippen LogP contribution in [0, 0.1) is 5.92 Å².